The number of carbonyl (C=O) groups is 1. The lowest BCUT2D eigenvalue weighted by molar-refractivity contribution is -0.120. The minimum absolute atomic E-state index is 0.374. The van der Waals surface area contributed by atoms with E-state index < -0.39 is 0 Å². The Hall–Kier alpha value is -0.330. The molecule has 55 valence electrons. The fraction of sp³-hybridized carbons (Fsp3) is 0.778. The summed E-state index contributed by atoms with van der Waals surface area (Å²) < 4.78 is 0. The average molecular weight is 137 g/mol. The van der Waals surface area contributed by atoms with Gasteiger partial charge in [0.25, 0.3) is 0 Å². The second-order valence-electron chi connectivity index (χ2n) is 3.67. The van der Waals surface area contributed by atoms with Gasteiger partial charge in [-0.2, -0.15) is 0 Å². The number of rotatable bonds is 1. The highest BCUT2D eigenvalue weighted by Crippen LogP contribution is 2.49. The standard InChI is InChI=1S/C9H13O/c1-6(10)9-5-7-2-3-8(9)4-7/h7,9H,2-5H2,1H3. The molecule has 1 heteroatoms. The van der Waals surface area contributed by atoms with E-state index in [1.54, 1.807) is 12.8 Å². The highest BCUT2D eigenvalue weighted by molar-refractivity contribution is 5.81. The van der Waals surface area contributed by atoms with E-state index in [1.165, 1.54) is 25.7 Å². The molecule has 2 aliphatic rings. The van der Waals surface area contributed by atoms with Gasteiger partial charge >= 0.3 is 0 Å². The maximum atomic E-state index is 11.0. The van der Waals surface area contributed by atoms with Crippen LogP contribution in [-0.4, -0.2) is 5.78 Å². The van der Waals surface area contributed by atoms with Gasteiger partial charge in [-0.1, -0.05) is 0 Å². The molecular formula is C9H13O. The molecular weight excluding hydrogens is 124 g/mol. The van der Waals surface area contributed by atoms with Crippen LogP contribution in [0.4, 0.5) is 0 Å². The predicted octanol–water partition coefficient (Wildman–Crippen LogP) is 1.97. The topological polar surface area (TPSA) is 17.1 Å². The van der Waals surface area contributed by atoms with Crippen molar-refractivity contribution in [2.45, 2.75) is 32.6 Å². The maximum absolute atomic E-state index is 11.0. The van der Waals surface area contributed by atoms with E-state index in [9.17, 15) is 4.79 Å². The second-order valence-corrected chi connectivity index (χ2v) is 3.67. The maximum Gasteiger partial charge on any atom is 0.133 e. The molecule has 0 spiro atoms. The molecule has 0 N–H and O–H groups in total. The van der Waals surface area contributed by atoms with E-state index in [4.69, 9.17) is 0 Å². The lowest BCUT2D eigenvalue weighted by Gasteiger charge is -2.17. The van der Waals surface area contributed by atoms with Crippen molar-refractivity contribution in [1.29, 1.82) is 0 Å². The van der Waals surface area contributed by atoms with Gasteiger partial charge in [-0.25, -0.2) is 0 Å². The highest BCUT2D eigenvalue weighted by Gasteiger charge is 2.41. The Morgan fingerprint density at radius 2 is 2.40 bits per heavy atom. The Balaban J connectivity index is 2.08. The van der Waals surface area contributed by atoms with Crippen molar-refractivity contribution in [2.75, 3.05) is 0 Å². The molecule has 2 unspecified atom stereocenters. The summed E-state index contributed by atoms with van der Waals surface area (Å²) in [7, 11) is 0. The summed E-state index contributed by atoms with van der Waals surface area (Å²) in [5, 5.41) is 0. The van der Waals surface area contributed by atoms with E-state index in [1.807, 2.05) is 0 Å². The van der Waals surface area contributed by atoms with Gasteiger partial charge in [0.1, 0.15) is 5.78 Å². The summed E-state index contributed by atoms with van der Waals surface area (Å²) in [5.41, 5.74) is 0. The number of Topliss-reactive ketones (excluding diaryl/α,β-unsaturated/α-hetero) is 1. The molecule has 2 atom stereocenters. The molecule has 0 aromatic heterocycles. The summed E-state index contributed by atoms with van der Waals surface area (Å²) in [6, 6.07) is 0. The summed E-state index contributed by atoms with van der Waals surface area (Å²) in [6.45, 7) is 1.73. The third-order valence-electron chi connectivity index (χ3n) is 2.98. The average Bonchev–Trinajstić information content (AvgIpc) is 2.44. The lowest BCUT2D eigenvalue weighted by Crippen LogP contribution is -2.16. The van der Waals surface area contributed by atoms with Crippen molar-refractivity contribution >= 4 is 5.78 Å². The van der Waals surface area contributed by atoms with Crippen molar-refractivity contribution in [1.82, 2.24) is 0 Å². The predicted molar refractivity (Wildman–Crippen MR) is 39.4 cm³/mol. The molecule has 0 heterocycles. The van der Waals surface area contributed by atoms with Gasteiger partial charge in [0.05, 0.1) is 0 Å². The van der Waals surface area contributed by atoms with Gasteiger partial charge in [0.15, 0.2) is 0 Å². The fourth-order valence-electron chi connectivity index (χ4n) is 2.44. The van der Waals surface area contributed by atoms with E-state index in [-0.39, 0.29) is 0 Å². The molecule has 2 saturated carbocycles. The van der Waals surface area contributed by atoms with Crippen LogP contribution in [-0.2, 0) is 4.79 Å². The van der Waals surface area contributed by atoms with Crippen molar-refractivity contribution in [3.63, 3.8) is 0 Å². The Morgan fingerprint density at radius 1 is 1.60 bits per heavy atom. The van der Waals surface area contributed by atoms with E-state index in [0.717, 1.165) is 5.92 Å². The largest absolute Gasteiger partial charge is 0.300 e. The molecule has 0 aromatic carbocycles. The minimum Gasteiger partial charge on any atom is -0.300 e. The Morgan fingerprint density at radius 3 is 2.70 bits per heavy atom. The van der Waals surface area contributed by atoms with Crippen molar-refractivity contribution in [3.8, 4) is 0 Å². The van der Waals surface area contributed by atoms with Crippen LogP contribution >= 0.6 is 0 Å². The van der Waals surface area contributed by atoms with Crippen LogP contribution in [0.1, 0.15) is 32.6 Å². The van der Waals surface area contributed by atoms with Crippen molar-refractivity contribution in [3.05, 3.63) is 5.92 Å². The zero-order valence-corrected chi connectivity index (χ0v) is 6.39. The molecule has 2 aliphatic carbocycles. The van der Waals surface area contributed by atoms with Gasteiger partial charge < -0.3 is 0 Å². The first kappa shape index (κ1) is 6.38. The zero-order valence-electron chi connectivity index (χ0n) is 6.39. The molecule has 0 aromatic rings. The first-order valence-electron chi connectivity index (χ1n) is 4.12. The zero-order chi connectivity index (χ0) is 7.14. The first-order valence-corrected chi connectivity index (χ1v) is 4.12. The normalized spacial score (nSPS) is 38.9. The van der Waals surface area contributed by atoms with Crippen molar-refractivity contribution < 1.29 is 4.79 Å². The number of ketones is 1. The van der Waals surface area contributed by atoms with E-state index >= 15 is 0 Å². The van der Waals surface area contributed by atoms with E-state index in [0.29, 0.717) is 11.7 Å². The van der Waals surface area contributed by atoms with Crippen LogP contribution in [0.5, 0.6) is 0 Å². The van der Waals surface area contributed by atoms with Crippen LogP contribution in [0.3, 0.4) is 0 Å². The summed E-state index contributed by atoms with van der Waals surface area (Å²) >= 11 is 0. The fourth-order valence-corrected chi connectivity index (χ4v) is 2.44. The summed E-state index contributed by atoms with van der Waals surface area (Å²) in [6.07, 6.45) is 5.04. The molecule has 2 fully saturated rings. The Kier molecular flexibility index (Phi) is 1.33. The Labute approximate surface area is 61.8 Å². The molecule has 1 nitrogen and oxygen atoms in total. The second kappa shape index (κ2) is 2.08. The van der Waals surface area contributed by atoms with Gasteiger partial charge in [-0.05, 0) is 44.4 Å². The monoisotopic (exact) mass is 137 g/mol. The quantitative estimate of drug-likeness (QED) is 0.540. The smallest absolute Gasteiger partial charge is 0.133 e. The van der Waals surface area contributed by atoms with Crippen LogP contribution in [0, 0.1) is 17.8 Å². The number of carbonyl (C=O) groups excluding carboxylic acids is 1. The van der Waals surface area contributed by atoms with Crippen molar-refractivity contribution in [2.24, 2.45) is 11.8 Å². The third kappa shape index (κ3) is 0.799. The van der Waals surface area contributed by atoms with Gasteiger partial charge in [0.2, 0.25) is 0 Å². The summed E-state index contributed by atoms with van der Waals surface area (Å²) in [4.78, 5) is 11.0. The summed E-state index contributed by atoms with van der Waals surface area (Å²) in [5.74, 6) is 3.21. The number of hydrogen-bond acceptors (Lipinski definition) is 1. The molecule has 2 bridgehead atoms. The molecule has 0 aliphatic heterocycles. The molecule has 0 amide bonds. The molecule has 10 heavy (non-hydrogen) atoms. The Bertz CT molecular complexity index is 162. The first-order chi connectivity index (χ1) is 4.77. The third-order valence-corrected chi connectivity index (χ3v) is 2.98. The van der Waals surface area contributed by atoms with Gasteiger partial charge in [-0.15, -0.1) is 0 Å². The minimum atomic E-state index is 0.374. The highest BCUT2D eigenvalue weighted by atomic mass is 16.1. The van der Waals surface area contributed by atoms with Gasteiger partial charge in [0, 0.05) is 5.92 Å². The number of fused-ring (bicyclic) bond motifs is 2. The van der Waals surface area contributed by atoms with Gasteiger partial charge in [-0.3, -0.25) is 4.79 Å². The van der Waals surface area contributed by atoms with E-state index in [2.05, 4.69) is 0 Å². The van der Waals surface area contributed by atoms with Crippen LogP contribution in [0.15, 0.2) is 0 Å². The SMILES string of the molecule is CC(=O)C1CC2CC[C]1C2. The van der Waals surface area contributed by atoms with Crippen LogP contribution < -0.4 is 0 Å². The van der Waals surface area contributed by atoms with Crippen LogP contribution in [0.2, 0.25) is 0 Å². The lowest BCUT2D eigenvalue weighted by atomic mass is 9.86. The molecule has 2 rings (SSSR count). The molecule has 0 saturated heterocycles. The van der Waals surface area contributed by atoms with Crippen LogP contribution in [0.25, 0.3) is 0 Å². The molecule has 1 radical (unpaired) electrons. The number of hydrogen-bond donors (Lipinski definition) is 0.